The van der Waals surface area contributed by atoms with E-state index in [4.69, 9.17) is 9.98 Å². The van der Waals surface area contributed by atoms with Gasteiger partial charge in [0.05, 0.1) is 15.2 Å². The number of rotatable bonds is 7. The van der Waals surface area contributed by atoms with Crippen LogP contribution in [0.15, 0.2) is 29.3 Å². The molecule has 1 aromatic carbocycles. The highest BCUT2D eigenvalue weighted by molar-refractivity contribution is 14.0. The van der Waals surface area contributed by atoms with E-state index in [1.165, 1.54) is 29.0 Å². The van der Waals surface area contributed by atoms with Crippen LogP contribution in [-0.2, 0) is 11.2 Å². The van der Waals surface area contributed by atoms with Crippen LogP contribution < -0.4 is 10.6 Å². The number of hydrogen-bond acceptors (Lipinski definition) is 4. The standard InChI is InChI=1S/C24H35N5OS.HI/c1-2-25-24(26-15-8-13-22-28-20-11-6-7-12-21(20)31-22)27-19-14-16-29(17-19)23(30)18-9-4-3-5-10-18;/h6-7,11-12,18-19H,2-5,8-10,13-17H2,1H3,(H2,25,26,27);1H. The maximum atomic E-state index is 12.8. The second-order valence-corrected chi connectivity index (χ2v) is 9.80. The number of hydrogen-bond donors (Lipinski definition) is 2. The quantitative estimate of drug-likeness (QED) is 0.222. The van der Waals surface area contributed by atoms with E-state index in [1.54, 1.807) is 11.3 Å². The summed E-state index contributed by atoms with van der Waals surface area (Å²) < 4.78 is 1.25. The molecule has 2 aliphatic rings. The van der Waals surface area contributed by atoms with Crippen molar-refractivity contribution in [2.45, 2.75) is 64.3 Å². The van der Waals surface area contributed by atoms with Crippen LogP contribution in [0.4, 0.5) is 0 Å². The van der Waals surface area contributed by atoms with Gasteiger partial charge in [-0.3, -0.25) is 9.79 Å². The second kappa shape index (κ2) is 12.7. The Kier molecular flexibility index (Phi) is 10.0. The molecular weight excluding hydrogens is 533 g/mol. The maximum absolute atomic E-state index is 12.8. The first kappa shape index (κ1) is 25.2. The Morgan fingerprint density at radius 3 is 2.81 bits per heavy atom. The highest BCUT2D eigenvalue weighted by Gasteiger charge is 2.31. The fraction of sp³-hybridized carbons (Fsp3) is 0.625. The van der Waals surface area contributed by atoms with Crippen molar-refractivity contribution in [2.75, 3.05) is 26.2 Å². The molecule has 0 spiro atoms. The molecule has 32 heavy (non-hydrogen) atoms. The number of carbonyl (C=O) groups is 1. The lowest BCUT2D eigenvalue weighted by Gasteiger charge is -2.26. The normalized spacial score (nSPS) is 19.7. The van der Waals surface area contributed by atoms with Gasteiger partial charge in [-0.25, -0.2) is 4.98 Å². The van der Waals surface area contributed by atoms with Crippen molar-refractivity contribution < 1.29 is 4.79 Å². The van der Waals surface area contributed by atoms with Crippen LogP contribution in [0.25, 0.3) is 10.2 Å². The topological polar surface area (TPSA) is 69.6 Å². The predicted octanol–water partition coefficient (Wildman–Crippen LogP) is 4.58. The van der Waals surface area contributed by atoms with Gasteiger partial charge in [0.1, 0.15) is 0 Å². The molecule has 1 aliphatic carbocycles. The maximum Gasteiger partial charge on any atom is 0.225 e. The number of halogens is 1. The second-order valence-electron chi connectivity index (χ2n) is 8.69. The molecule has 1 saturated carbocycles. The molecular formula is C24H36IN5OS. The Hall–Kier alpha value is -1.42. The van der Waals surface area contributed by atoms with Crippen molar-refractivity contribution in [2.24, 2.45) is 10.9 Å². The number of aryl methyl sites for hydroxylation is 1. The number of aromatic nitrogens is 1. The summed E-state index contributed by atoms with van der Waals surface area (Å²) in [6.07, 6.45) is 8.78. The average molecular weight is 570 g/mol. The van der Waals surface area contributed by atoms with Gasteiger partial charge in [0.25, 0.3) is 0 Å². The fourth-order valence-corrected chi connectivity index (χ4v) is 5.66. The number of amides is 1. The van der Waals surface area contributed by atoms with Crippen LogP contribution in [0, 0.1) is 5.92 Å². The van der Waals surface area contributed by atoms with E-state index in [2.05, 4.69) is 40.7 Å². The summed E-state index contributed by atoms with van der Waals surface area (Å²) in [5.41, 5.74) is 1.09. The molecule has 1 atom stereocenters. The van der Waals surface area contributed by atoms with E-state index in [9.17, 15) is 4.79 Å². The third kappa shape index (κ3) is 6.79. The van der Waals surface area contributed by atoms with Crippen molar-refractivity contribution in [1.29, 1.82) is 0 Å². The third-order valence-electron chi connectivity index (χ3n) is 6.30. The van der Waals surface area contributed by atoms with E-state index >= 15 is 0 Å². The molecule has 1 amide bonds. The molecule has 2 heterocycles. The summed E-state index contributed by atoms with van der Waals surface area (Å²) in [6.45, 7) is 5.35. The number of thiazole rings is 1. The van der Waals surface area contributed by atoms with Crippen LogP contribution in [0.2, 0.25) is 0 Å². The average Bonchev–Trinajstić information content (AvgIpc) is 3.43. The van der Waals surface area contributed by atoms with Gasteiger partial charge in [0, 0.05) is 44.6 Å². The summed E-state index contributed by atoms with van der Waals surface area (Å²) in [7, 11) is 0. The zero-order valence-electron chi connectivity index (χ0n) is 19.0. The van der Waals surface area contributed by atoms with Crippen LogP contribution in [0.5, 0.6) is 0 Å². The Labute approximate surface area is 212 Å². The molecule has 1 aromatic heterocycles. The Morgan fingerprint density at radius 2 is 2.03 bits per heavy atom. The van der Waals surface area contributed by atoms with Crippen LogP contribution in [-0.4, -0.2) is 54.0 Å². The van der Waals surface area contributed by atoms with Crippen LogP contribution in [0.3, 0.4) is 0 Å². The van der Waals surface area contributed by atoms with Gasteiger partial charge in [0.15, 0.2) is 5.96 Å². The molecule has 6 nitrogen and oxygen atoms in total. The zero-order chi connectivity index (χ0) is 21.5. The summed E-state index contributed by atoms with van der Waals surface area (Å²) >= 11 is 1.78. The predicted molar refractivity (Wildman–Crippen MR) is 144 cm³/mol. The third-order valence-corrected chi connectivity index (χ3v) is 7.39. The van der Waals surface area contributed by atoms with Crippen molar-refractivity contribution in [1.82, 2.24) is 20.5 Å². The van der Waals surface area contributed by atoms with E-state index in [0.29, 0.717) is 5.91 Å². The van der Waals surface area contributed by atoms with Crippen molar-refractivity contribution >= 4 is 57.4 Å². The number of carbonyl (C=O) groups excluding carboxylic acids is 1. The minimum atomic E-state index is 0. The minimum Gasteiger partial charge on any atom is -0.357 e. The summed E-state index contributed by atoms with van der Waals surface area (Å²) in [5.74, 6) is 1.50. The molecule has 1 aliphatic heterocycles. The first-order valence-corrected chi connectivity index (χ1v) is 12.7. The van der Waals surface area contributed by atoms with Gasteiger partial charge in [-0.05, 0) is 44.7 Å². The van der Waals surface area contributed by atoms with Crippen molar-refractivity contribution in [3.63, 3.8) is 0 Å². The Bertz CT molecular complexity index is 862. The first-order valence-electron chi connectivity index (χ1n) is 11.9. The monoisotopic (exact) mass is 569 g/mol. The number of fused-ring (bicyclic) bond motifs is 1. The van der Waals surface area contributed by atoms with Crippen molar-refractivity contribution in [3.05, 3.63) is 29.3 Å². The molecule has 176 valence electrons. The first-order chi connectivity index (χ1) is 15.2. The summed E-state index contributed by atoms with van der Waals surface area (Å²) in [5, 5.41) is 8.10. The van der Waals surface area contributed by atoms with Gasteiger partial charge in [-0.1, -0.05) is 31.4 Å². The van der Waals surface area contributed by atoms with Gasteiger partial charge < -0.3 is 15.5 Å². The van der Waals surface area contributed by atoms with E-state index < -0.39 is 0 Å². The summed E-state index contributed by atoms with van der Waals surface area (Å²) in [4.78, 5) is 24.4. The minimum absolute atomic E-state index is 0. The van der Waals surface area contributed by atoms with Crippen molar-refractivity contribution in [3.8, 4) is 0 Å². The van der Waals surface area contributed by atoms with E-state index in [1.807, 2.05) is 6.07 Å². The lowest BCUT2D eigenvalue weighted by molar-refractivity contribution is -0.135. The molecule has 0 bridgehead atoms. The van der Waals surface area contributed by atoms with E-state index in [-0.39, 0.29) is 35.9 Å². The Balaban J connectivity index is 0.00000289. The molecule has 2 N–H and O–H groups in total. The van der Waals surface area contributed by atoms with Gasteiger partial charge in [-0.15, -0.1) is 35.3 Å². The van der Waals surface area contributed by atoms with Crippen LogP contribution >= 0.6 is 35.3 Å². The molecule has 0 radical (unpaired) electrons. The fourth-order valence-electron chi connectivity index (χ4n) is 4.65. The van der Waals surface area contributed by atoms with Gasteiger partial charge in [-0.2, -0.15) is 0 Å². The number of nitrogens with one attached hydrogen (secondary N) is 2. The number of benzene rings is 1. The number of para-hydroxylation sites is 1. The SMILES string of the molecule is CCNC(=NCCCc1nc2ccccc2s1)NC1CCN(C(=O)C2CCCCC2)C1.I. The molecule has 2 fully saturated rings. The molecule has 1 saturated heterocycles. The van der Waals surface area contributed by atoms with Gasteiger partial charge in [0.2, 0.25) is 5.91 Å². The Morgan fingerprint density at radius 1 is 1.22 bits per heavy atom. The summed E-state index contributed by atoms with van der Waals surface area (Å²) in [6, 6.07) is 8.60. The van der Waals surface area contributed by atoms with E-state index in [0.717, 1.165) is 69.8 Å². The molecule has 1 unspecified atom stereocenters. The molecule has 8 heteroatoms. The number of nitrogens with zero attached hydrogens (tertiary/aromatic N) is 3. The highest BCUT2D eigenvalue weighted by Crippen LogP contribution is 2.27. The highest BCUT2D eigenvalue weighted by atomic mass is 127. The number of aliphatic imine (C=N–C) groups is 1. The zero-order valence-corrected chi connectivity index (χ0v) is 22.2. The number of guanidine groups is 1. The lowest BCUT2D eigenvalue weighted by Crippen LogP contribution is -2.45. The van der Waals surface area contributed by atoms with Gasteiger partial charge >= 0.3 is 0 Å². The largest absolute Gasteiger partial charge is 0.357 e. The molecule has 4 rings (SSSR count). The van der Waals surface area contributed by atoms with Crippen LogP contribution in [0.1, 0.15) is 56.9 Å². The number of likely N-dealkylation sites (tertiary alicyclic amines) is 1. The molecule has 2 aromatic rings. The lowest BCUT2D eigenvalue weighted by atomic mass is 9.88. The smallest absolute Gasteiger partial charge is 0.225 e.